The number of nitrogens with zero attached hydrogens (tertiary/aromatic N) is 2. The summed E-state index contributed by atoms with van der Waals surface area (Å²) in [5.41, 5.74) is 1.16. The molecule has 1 fully saturated rings. The van der Waals surface area contributed by atoms with Gasteiger partial charge in [-0.15, -0.1) is 11.3 Å². The minimum atomic E-state index is -3.78. The van der Waals surface area contributed by atoms with Crippen molar-refractivity contribution in [2.75, 3.05) is 20.3 Å². The molecule has 7 nitrogen and oxygen atoms in total. The van der Waals surface area contributed by atoms with E-state index in [0.29, 0.717) is 6.61 Å². The zero-order chi connectivity index (χ0) is 14.9. The highest BCUT2D eigenvalue weighted by Crippen LogP contribution is 2.28. The molecule has 2 atom stereocenters. The van der Waals surface area contributed by atoms with Crippen molar-refractivity contribution in [2.24, 2.45) is 0 Å². The van der Waals surface area contributed by atoms with Gasteiger partial charge in [0.2, 0.25) is 0 Å². The molecule has 1 aliphatic rings. The average Bonchev–Trinajstić information content (AvgIpc) is 2.90. The Hall–Kier alpha value is -1.03. The van der Waals surface area contributed by atoms with Crippen molar-refractivity contribution in [2.45, 2.75) is 30.2 Å². The highest BCUT2D eigenvalue weighted by atomic mass is 32.2. The van der Waals surface area contributed by atoms with Gasteiger partial charge in [-0.1, -0.05) is 0 Å². The van der Waals surface area contributed by atoms with Crippen molar-refractivity contribution in [3.63, 3.8) is 0 Å². The Balaban J connectivity index is 2.40. The Labute approximate surface area is 121 Å². The number of rotatable bonds is 3. The van der Waals surface area contributed by atoms with Gasteiger partial charge < -0.3 is 9.47 Å². The second-order valence-corrected chi connectivity index (χ2v) is 7.49. The largest absolute Gasteiger partial charge is 0.464 e. The number of ether oxygens (including phenoxy) is 2. The number of hydrogen-bond acceptors (Lipinski definition) is 7. The maximum atomic E-state index is 12.7. The van der Waals surface area contributed by atoms with E-state index in [2.05, 4.69) is 9.72 Å². The van der Waals surface area contributed by atoms with Gasteiger partial charge in [-0.05, 0) is 13.8 Å². The normalized spacial score (nSPS) is 24.6. The molecular formula is C11H16N2O5S2. The smallest absolute Gasteiger partial charge is 0.358 e. The molecule has 0 spiro atoms. The Morgan fingerprint density at radius 1 is 1.55 bits per heavy atom. The third kappa shape index (κ3) is 2.71. The number of sulfonamides is 1. The van der Waals surface area contributed by atoms with Crippen LogP contribution in [0.3, 0.4) is 0 Å². The summed E-state index contributed by atoms with van der Waals surface area (Å²) in [6, 6.07) is -0.288. The molecule has 0 aromatic carbocycles. The monoisotopic (exact) mass is 320 g/mol. The van der Waals surface area contributed by atoms with Crippen LogP contribution in [0.25, 0.3) is 0 Å². The molecule has 1 saturated heterocycles. The summed E-state index contributed by atoms with van der Waals surface area (Å²) < 4.78 is 36.6. The van der Waals surface area contributed by atoms with Crippen LogP contribution in [0.5, 0.6) is 0 Å². The Bertz CT molecular complexity index is 598. The lowest BCUT2D eigenvalue weighted by atomic mass is 10.2. The van der Waals surface area contributed by atoms with Gasteiger partial charge in [-0.3, -0.25) is 0 Å². The Kier molecular flexibility index (Phi) is 4.43. The fourth-order valence-electron chi connectivity index (χ4n) is 1.97. The van der Waals surface area contributed by atoms with Crippen LogP contribution in [-0.4, -0.2) is 56.1 Å². The van der Waals surface area contributed by atoms with Crippen molar-refractivity contribution in [1.82, 2.24) is 9.29 Å². The number of morpholine rings is 1. The van der Waals surface area contributed by atoms with Crippen LogP contribution in [0.2, 0.25) is 0 Å². The molecule has 1 aliphatic heterocycles. The van der Waals surface area contributed by atoms with E-state index in [0.717, 1.165) is 11.3 Å². The van der Waals surface area contributed by atoms with E-state index >= 15 is 0 Å². The first-order valence-electron chi connectivity index (χ1n) is 6.03. The standard InChI is InChI=1S/C11H16N2O5S2/c1-7-5-18-8(2)4-13(7)20(15,16)11-9(10(14)17-3)12-6-19-11/h6-8H,4-5H2,1-3H3. The summed E-state index contributed by atoms with van der Waals surface area (Å²) in [6.45, 7) is 4.15. The van der Waals surface area contributed by atoms with Crippen LogP contribution >= 0.6 is 11.3 Å². The third-order valence-electron chi connectivity index (χ3n) is 3.01. The summed E-state index contributed by atoms with van der Waals surface area (Å²) in [7, 11) is -2.59. The summed E-state index contributed by atoms with van der Waals surface area (Å²) in [4.78, 5) is 15.4. The van der Waals surface area contributed by atoms with E-state index in [1.807, 2.05) is 6.92 Å². The van der Waals surface area contributed by atoms with Crippen LogP contribution < -0.4 is 0 Å². The lowest BCUT2D eigenvalue weighted by molar-refractivity contribution is -0.0170. The van der Waals surface area contributed by atoms with E-state index in [1.54, 1.807) is 6.92 Å². The minimum absolute atomic E-state index is 0.0784. The highest BCUT2D eigenvalue weighted by Gasteiger charge is 2.38. The SMILES string of the molecule is COC(=O)c1ncsc1S(=O)(=O)N1CC(C)OCC1C. The maximum absolute atomic E-state index is 12.7. The van der Waals surface area contributed by atoms with Crippen molar-refractivity contribution in [3.8, 4) is 0 Å². The molecule has 2 rings (SSSR count). The number of aromatic nitrogens is 1. The quantitative estimate of drug-likeness (QED) is 0.763. The van der Waals surface area contributed by atoms with Crippen molar-refractivity contribution >= 4 is 27.3 Å². The third-order valence-corrected chi connectivity index (χ3v) is 6.33. The van der Waals surface area contributed by atoms with Gasteiger partial charge >= 0.3 is 5.97 Å². The zero-order valence-corrected chi connectivity index (χ0v) is 13.0. The maximum Gasteiger partial charge on any atom is 0.358 e. The van der Waals surface area contributed by atoms with Crippen LogP contribution in [0.15, 0.2) is 9.72 Å². The molecule has 0 amide bonds. The van der Waals surface area contributed by atoms with E-state index in [1.165, 1.54) is 16.9 Å². The van der Waals surface area contributed by atoms with E-state index < -0.39 is 16.0 Å². The van der Waals surface area contributed by atoms with Crippen LogP contribution in [0.1, 0.15) is 24.3 Å². The number of methoxy groups -OCH3 is 1. The highest BCUT2D eigenvalue weighted by molar-refractivity contribution is 7.91. The number of esters is 1. The molecule has 2 heterocycles. The first kappa shape index (κ1) is 15.4. The average molecular weight is 320 g/mol. The Morgan fingerprint density at radius 3 is 2.90 bits per heavy atom. The second-order valence-electron chi connectivity index (χ2n) is 4.55. The summed E-state index contributed by atoms with van der Waals surface area (Å²) >= 11 is 0.915. The van der Waals surface area contributed by atoms with Gasteiger partial charge in [0.25, 0.3) is 10.0 Å². The zero-order valence-electron chi connectivity index (χ0n) is 11.4. The fraction of sp³-hybridized carbons (Fsp3) is 0.636. The van der Waals surface area contributed by atoms with Gasteiger partial charge in [0, 0.05) is 12.6 Å². The first-order valence-corrected chi connectivity index (χ1v) is 8.35. The summed E-state index contributed by atoms with van der Waals surface area (Å²) in [5.74, 6) is -0.751. The molecular weight excluding hydrogens is 304 g/mol. The molecule has 2 unspecified atom stereocenters. The predicted molar refractivity (Wildman–Crippen MR) is 72.2 cm³/mol. The molecule has 0 radical (unpaired) electrons. The molecule has 112 valence electrons. The van der Waals surface area contributed by atoms with E-state index in [4.69, 9.17) is 4.74 Å². The second kappa shape index (κ2) is 5.76. The van der Waals surface area contributed by atoms with Crippen molar-refractivity contribution in [3.05, 3.63) is 11.2 Å². The van der Waals surface area contributed by atoms with Gasteiger partial charge in [-0.25, -0.2) is 18.2 Å². The fourth-order valence-corrected chi connectivity index (χ4v) is 4.90. The van der Waals surface area contributed by atoms with Gasteiger partial charge in [0.05, 0.1) is 25.3 Å². The number of carbonyl (C=O) groups excluding carboxylic acids is 1. The van der Waals surface area contributed by atoms with Gasteiger partial charge in [0.15, 0.2) is 9.90 Å². The van der Waals surface area contributed by atoms with Gasteiger partial charge in [0.1, 0.15) is 0 Å². The van der Waals surface area contributed by atoms with Crippen LogP contribution in [-0.2, 0) is 19.5 Å². The lowest BCUT2D eigenvalue weighted by Gasteiger charge is -2.35. The number of carbonyl (C=O) groups is 1. The number of hydrogen-bond donors (Lipinski definition) is 0. The first-order chi connectivity index (χ1) is 9.37. The topological polar surface area (TPSA) is 85.8 Å². The molecule has 1 aromatic rings. The molecule has 20 heavy (non-hydrogen) atoms. The molecule has 0 bridgehead atoms. The molecule has 1 aromatic heterocycles. The van der Waals surface area contributed by atoms with Crippen molar-refractivity contribution < 1.29 is 22.7 Å². The van der Waals surface area contributed by atoms with Gasteiger partial charge in [-0.2, -0.15) is 4.31 Å². The van der Waals surface area contributed by atoms with Crippen molar-refractivity contribution in [1.29, 1.82) is 0 Å². The van der Waals surface area contributed by atoms with Crippen LogP contribution in [0.4, 0.5) is 0 Å². The van der Waals surface area contributed by atoms with E-state index in [-0.39, 0.29) is 28.6 Å². The number of thiazole rings is 1. The van der Waals surface area contributed by atoms with Crippen LogP contribution in [0, 0.1) is 0 Å². The predicted octanol–water partition coefficient (Wildman–Crippen LogP) is 0.728. The summed E-state index contributed by atoms with van der Waals surface area (Å²) in [6.07, 6.45) is -0.185. The molecule has 0 N–H and O–H groups in total. The van der Waals surface area contributed by atoms with E-state index in [9.17, 15) is 13.2 Å². The lowest BCUT2D eigenvalue weighted by Crippen LogP contribution is -2.50. The molecule has 0 aliphatic carbocycles. The Morgan fingerprint density at radius 2 is 2.25 bits per heavy atom. The minimum Gasteiger partial charge on any atom is -0.464 e. The summed E-state index contributed by atoms with van der Waals surface area (Å²) in [5, 5.41) is 0. The molecule has 0 saturated carbocycles. The molecule has 9 heteroatoms.